The minimum Gasteiger partial charge on any atom is -0.394 e. The second-order valence-electron chi connectivity index (χ2n) is 21.4. The van der Waals surface area contributed by atoms with E-state index in [0.717, 1.165) is 38.5 Å². The molecule has 0 aromatic rings. The van der Waals surface area contributed by atoms with E-state index >= 15 is 0 Å². The Morgan fingerprint density at radius 2 is 0.612 bits per heavy atom. The summed E-state index contributed by atoms with van der Waals surface area (Å²) in [5.41, 5.74) is 0. The van der Waals surface area contributed by atoms with Crippen LogP contribution >= 0.6 is 0 Å². The second kappa shape index (κ2) is 56.0. The highest BCUT2D eigenvalue weighted by Crippen LogP contribution is 2.19. The Morgan fingerprint density at radius 1 is 0.358 bits per heavy atom. The van der Waals surface area contributed by atoms with Gasteiger partial charge in [-0.15, -0.1) is 0 Å². The van der Waals surface area contributed by atoms with E-state index in [1.54, 1.807) is 0 Å². The first-order chi connectivity index (χ1) is 33.0. The van der Waals surface area contributed by atoms with Gasteiger partial charge in [-0.25, -0.2) is 0 Å². The zero-order valence-electron chi connectivity index (χ0n) is 45.4. The number of carbonyl (C=O) groups excluding carboxylic acids is 1. The number of carbonyl (C=O) groups is 1. The molecule has 0 rings (SSSR count). The molecule has 0 saturated heterocycles. The van der Waals surface area contributed by atoms with Gasteiger partial charge in [0.1, 0.15) is 12.2 Å². The largest absolute Gasteiger partial charge is 0.394 e. The van der Waals surface area contributed by atoms with Crippen LogP contribution in [0, 0.1) is 0 Å². The van der Waals surface area contributed by atoms with Gasteiger partial charge in [-0.3, -0.25) is 4.79 Å². The number of unbranched alkanes of at least 4 members (excludes halogenated alkanes) is 46. The van der Waals surface area contributed by atoms with Gasteiger partial charge in [0.25, 0.3) is 0 Å². The van der Waals surface area contributed by atoms with Gasteiger partial charge in [0.2, 0.25) is 5.91 Å². The van der Waals surface area contributed by atoms with Gasteiger partial charge < -0.3 is 25.7 Å². The first-order valence-electron chi connectivity index (χ1n) is 30.6. The monoisotopic (exact) mass is 948 g/mol. The molecule has 0 radical (unpaired) electrons. The first-order valence-corrected chi connectivity index (χ1v) is 30.6. The van der Waals surface area contributed by atoms with E-state index in [2.05, 4.69) is 31.3 Å². The minimum absolute atomic E-state index is 0.369. The standard InChI is InChI=1S/C61H121NO5/c1-3-5-7-9-11-13-15-17-19-21-23-25-27-29-30-31-33-35-37-39-41-43-45-47-49-51-53-55-59(65)61(67)62-57(56-63)60(66)58(64)54-52-50-48-46-44-42-40-38-36-34-32-28-26-24-22-20-18-16-14-12-10-8-6-4-2/h46,48,57-60,63-66H,3-45,47,49-56H2,1-2H3,(H,62,67)/b48-46+. The summed E-state index contributed by atoms with van der Waals surface area (Å²) in [5, 5.41) is 44.1. The lowest BCUT2D eigenvalue weighted by molar-refractivity contribution is -0.132. The van der Waals surface area contributed by atoms with Crippen molar-refractivity contribution in [2.75, 3.05) is 6.61 Å². The lowest BCUT2D eigenvalue weighted by Gasteiger charge is -2.27. The van der Waals surface area contributed by atoms with Crippen LogP contribution in [0.5, 0.6) is 0 Å². The van der Waals surface area contributed by atoms with E-state index in [1.165, 1.54) is 276 Å². The highest BCUT2D eigenvalue weighted by atomic mass is 16.3. The van der Waals surface area contributed by atoms with Crippen molar-refractivity contribution in [3.63, 3.8) is 0 Å². The Labute approximate surface area is 419 Å². The molecule has 67 heavy (non-hydrogen) atoms. The van der Waals surface area contributed by atoms with E-state index in [9.17, 15) is 25.2 Å². The van der Waals surface area contributed by atoms with E-state index in [4.69, 9.17) is 0 Å². The number of hydrogen-bond acceptors (Lipinski definition) is 5. The molecule has 0 aromatic heterocycles. The second-order valence-corrected chi connectivity index (χ2v) is 21.4. The maximum absolute atomic E-state index is 12.6. The van der Waals surface area contributed by atoms with Crippen molar-refractivity contribution in [2.45, 2.75) is 366 Å². The predicted octanol–water partition coefficient (Wildman–Crippen LogP) is 18.0. The molecule has 1 amide bonds. The molecule has 0 saturated carbocycles. The molecule has 6 nitrogen and oxygen atoms in total. The third-order valence-corrected chi connectivity index (χ3v) is 14.7. The van der Waals surface area contributed by atoms with Gasteiger partial charge in [0.05, 0.1) is 18.8 Å². The van der Waals surface area contributed by atoms with Crippen LogP contribution in [0.1, 0.15) is 341 Å². The Morgan fingerprint density at radius 3 is 0.896 bits per heavy atom. The van der Waals surface area contributed by atoms with E-state index in [1.807, 2.05) is 0 Å². The zero-order valence-corrected chi connectivity index (χ0v) is 45.4. The van der Waals surface area contributed by atoms with Gasteiger partial charge in [0.15, 0.2) is 0 Å². The molecule has 0 fully saturated rings. The van der Waals surface area contributed by atoms with Crippen molar-refractivity contribution < 1.29 is 25.2 Å². The van der Waals surface area contributed by atoms with Crippen LogP contribution in [-0.2, 0) is 4.79 Å². The number of hydrogen-bond donors (Lipinski definition) is 5. The van der Waals surface area contributed by atoms with E-state index < -0.39 is 36.9 Å². The number of amides is 1. The Balaban J connectivity index is 3.59. The summed E-state index contributed by atoms with van der Waals surface area (Å²) >= 11 is 0. The zero-order chi connectivity index (χ0) is 48.8. The fourth-order valence-corrected chi connectivity index (χ4v) is 9.94. The summed E-state index contributed by atoms with van der Waals surface area (Å²) in [6.45, 7) is 4.09. The van der Waals surface area contributed by atoms with Gasteiger partial charge in [0, 0.05) is 0 Å². The van der Waals surface area contributed by atoms with Crippen molar-refractivity contribution in [3.05, 3.63) is 12.2 Å². The van der Waals surface area contributed by atoms with Crippen LogP contribution in [0.3, 0.4) is 0 Å². The molecule has 5 N–H and O–H groups in total. The third-order valence-electron chi connectivity index (χ3n) is 14.7. The summed E-state index contributed by atoms with van der Waals surface area (Å²) in [6.07, 6.45) is 67.3. The minimum atomic E-state index is -1.28. The van der Waals surface area contributed by atoms with Crippen LogP contribution < -0.4 is 5.32 Å². The molecule has 0 aliphatic heterocycles. The molecule has 6 heteroatoms. The lowest BCUT2D eigenvalue weighted by Crippen LogP contribution is -2.53. The average Bonchev–Trinajstić information content (AvgIpc) is 3.33. The fourth-order valence-electron chi connectivity index (χ4n) is 9.94. The molecule has 0 heterocycles. The molecular formula is C61H121NO5. The third kappa shape index (κ3) is 49.8. The van der Waals surface area contributed by atoms with Crippen LogP contribution in [0.4, 0.5) is 0 Å². The van der Waals surface area contributed by atoms with Crippen molar-refractivity contribution in [2.24, 2.45) is 0 Å². The van der Waals surface area contributed by atoms with Crippen LogP contribution in [-0.4, -0.2) is 57.3 Å². The Kier molecular flexibility index (Phi) is 55.2. The molecule has 0 bridgehead atoms. The number of allylic oxidation sites excluding steroid dienone is 2. The van der Waals surface area contributed by atoms with Crippen molar-refractivity contribution >= 4 is 5.91 Å². The first kappa shape index (κ1) is 66.0. The SMILES string of the molecule is CCCCCCCCCCCCCCCCCCCCC/C=C/CCCC(O)C(O)C(CO)NC(=O)C(O)CCCCCCCCCCCCCCCCCCCCCCCCCCCCC. The number of nitrogens with one attached hydrogen (secondary N) is 1. The number of aliphatic hydroxyl groups excluding tert-OH is 4. The molecule has 4 unspecified atom stereocenters. The smallest absolute Gasteiger partial charge is 0.249 e. The van der Waals surface area contributed by atoms with Gasteiger partial charge in [-0.1, -0.05) is 315 Å². The van der Waals surface area contributed by atoms with Crippen molar-refractivity contribution in [3.8, 4) is 0 Å². The Bertz CT molecular complexity index is 975. The highest BCUT2D eigenvalue weighted by molar-refractivity contribution is 5.80. The maximum atomic E-state index is 12.6. The van der Waals surface area contributed by atoms with Crippen LogP contribution in [0.15, 0.2) is 12.2 Å². The predicted molar refractivity (Wildman–Crippen MR) is 293 cm³/mol. The summed E-state index contributed by atoms with van der Waals surface area (Å²) in [6, 6.07) is -0.999. The molecule has 0 aliphatic rings. The van der Waals surface area contributed by atoms with Crippen LogP contribution in [0.25, 0.3) is 0 Å². The average molecular weight is 949 g/mol. The quantitative estimate of drug-likeness (QED) is 0.0308. The normalized spacial score (nSPS) is 13.7. The molecule has 0 aromatic carbocycles. The molecule has 0 aliphatic carbocycles. The van der Waals surface area contributed by atoms with Crippen molar-refractivity contribution in [1.82, 2.24) is 5.32 Å². The fraction of sp³-hybridized carbons (Fsp3) is 0.951. The number of aliphatic hydroxyl groups is 4. The topological polar surface area (TPSA) is 110 Å². The molecule has 0 spiro atoms. The summed E-state index contributed by atoms with van der Waals surface area (Å²) in [7, 11) is 0. The number of rotatable bonds is 57. The molecule has 4 atom stereocenters. The van der Waals surface area contributed by atoms with Gasteiger partial charge in [-0.05, 0) is 38.5 Å². The highest BCUT2D eigenvalue weighted by Gasteiger charge is 2.28. The summed E-state index contributed by atoms with van der Waals surface area (Å²) in [4.78, 5) is 12.6. The summed E-state index contributed by atoms with van der Waals surface area (Å²) in [5.74, 6) is -0.585. The lowest BCUT2D eigenvalue weighted by atomic mass is 10.00. The van der Waals surface area contributed by atoms with Crippen LogP contribution in [0.2, 0.25) is 0 Å². The summed E-state index contributed by atoms with van der Waals surface area (Å²) < 4.78 is 0. The Hall–Kier alpha value is -0.950. The van der Waals surface area contributed by atoms with E-state index in [-0.39, 0.29) is 0 Å². The van der Waals surface area contributed by atoms with Crippen molar-refractivity contribution in [1.29, 1.82) is 0 Å². The van der Waals surface area contributed by atoms with Gasteiger partial charge in [-0.2, -0.15) is 0 Å². The molecular weight excluding hydrogens is 827 g/mol. The maximum Gasteiger partial charge on any atom is 0.249 e. The van der Waals surface area contributed by atoms with Gasteiger partial charge >= 0.3 is 0 Å². The van der Waals surface area contributed by atoms with E-state index in [0.29, 0.717) is 12.8 Å². The molecule has 400 valence electrons.